The van der Waals surface area contributed by atoms with Gasteiger partial charge in [0.05, 0.1) is 31.5 Å². The van der Waals surface area contributed by atoms with Crippen molar-refractivity contribution < 1.29 is 22.7 Å². The second-order valence-electron chi connectivity index (χ2n) is 5.72. The number of aromatic nitrogens is 3. The Morgan fingerprint density at radius 3 is 2.64 bits per heavy atom. The maximum atomic E-state index is 12.7. The molecule has 0 aromatic carbocycles. The van der Waals surface area contributed by atoms with Gasteiger partial charge in [0.1, 0.15) is 5.75 Å². The van der Waals surface area contributed by atoms with E-state index in [0.29, 0.717) is 23.2 Å². The molecule has 3 rings (SSSR count). The summed E-state index contributed by atoms with van der Waals surface area (Å²) in [7, 11) is 2.99. The van der Waals surface area contributed by atoms with Gasteiger partial charge in [-0.3, -0.25) is 9.59 Å². The highest BCUT2D eigenvalue weighted by atomic mass is 19.4. The number of amides is 1. The smallest absolute Gasteiger partial charge is 0.496 e. The highest BCUT2D eigenvalue weighted by molar-refractivity contribution is 5.94. The van der Waals surface area contributed by atoms with E-state index in [-0.39, 0.29) is 22.3 Å². The third kappa shape index (κ3) is 2.67. The summed E-state index contributed by atoms with van der Waals surface area (Å²) in [5, 5.41) is 3.18. The number of fused-ring (bicyclic) bond motifs is 1. The molecule has 0 spiro atoms. The molecule has 7 nitrogen and oxygen atoms in total. The normalized spacial score (nSPS) is 16.9. The molecule has 3 heterocycles. The third-order valence-electron chi connectivity index (χ3n) is 4.34. The topological polar surface area (TPSA) is 69.4 Å². The van der Waals surface area contributed by atoms with E-state index < -0.39 is 18.2 Å². The number of pyridine rings is 1. The third-order valence-corrected chi connectivity index (χ3v) is 4.34. The fourth-order valence-corrected chi connectivity index (χ4v) is 2.99. The maximum Gasteiger partial charge on any atom is 0.504 e. The Balaban J connectivity index is 1.98. The summed E-state index contributed by atoms with van der Waals surface area (Å²) in [4.78, 5) is 26.0. The molecular weight excluding hydrogens is 341 g/mol. The first-order valence-corrected chi connectivity index (χ1v) is 7.34. The van der Waals surface area contributed by atoms with Crippen LogP contribution in [0.15, 0.2) is 23.3 Å². The molecule has 0 N–H and O–H groups in total. The van der Waals surface area contributed by atoms with E-state index in [2.05, 4.69) is 5.10 Å². The minimum atomic E-state index is -4.69. The van der Waals surface area contributed by atoms with Gasteiger partial charge in [-0.15, -0.1) is 13.2 Å². The van der Waals surface area contributed by atoms with Gasteiger partial charge in [0, 0.05) is 30.6 Å². The van der Waals surface area contributed by atoms with E-state index in [9.17, 15) is 22.8 Å². The summed E-state index contributed by atoms with van der Waals surface area (Å²) in [6.45, 7) is 1.82. The lowest BCUT2D eigenvalue weighted by Crippen LogP contribution is -2.28. The lowest BCUT2D eigenvalue weighted by atomic mass is 10.1. The summed E-state index contributed by atoms with van der Waals surface area (Å²) in [5.41, 5.74) is 0.789. The highest BCUT2D eigenvalue weighted by Crippen LogP contribution is 2.39. The van der Waals surface area contributed by atoms with E-state index in [1.54, 1.807) is 14.0 Å². The van der Waals surface area contributed by atoms with Crippen molar-refractivity contribution >= 4 is 5.91 Å². The molecule has 2 aromatic rings. The quantitative estimate of drug-likeness (QED) is 0.823. The number of rotatable bonds is 2. The zero-order valence-electron chi connectivity index (χ0n) is 13.7. The molecule has 25 heavy (non-hydrogen) atoms. The standard InChI is InChI=1S/C15H15F3N4O3/c1-8-13-10(20(2)12(23)4-11(13)25-3)7-21(8)14(24)9-5-19-22(6-9)15(16,17)18/h4-6,8H,7H2,1-3H3. The lowest BCUT2D eigenvalue weighted by Gasteiger charge is -2.21. The first-order chi connectivity index (χ1) is 11.6. The van der Waals surface area contributed by atoms with Crippen molar-refractivity contribution in [3.8, 4) is 5.75 Å². The van der Waals surface area contributed by atoms with Crippen molar-refractivity contribution in [3.05, 3.63) is 45.6 Å². The molecular formula is C15H15F3N4O3. The highest BCUT2D eigenvalue weighted by Gasteiger charge is 2.37. The van der Waals surface area contributed by atoms with Gasteiger partial charge in [0.15, 0.2) is 0 Å². The Bertz CT molecular complexity index is 900. The Kier molecular flexibility index (Phi) is 3.85. The van der Waals surface area contributed by atoms with Gasteiger partial charge < -0.3 is 14.2 Å². The molecule has 134 valence electrons. The number of methoxy groups -OCH3 is 1. The van der Waals surface area contributed by atoms with Crippen molar-refractivity contribution in [2.24, 2.45) is 7.05 Å². The number of alkyl halides is 3. The molecule has 1 amide bonds. The molecule has 1 unspecified atom stereocenters. The molecule has 1 aliphatic heterocycles. The molecule has 0 aliphatic carbocycles. The lowest BCUT2D eigenvalue weighted by molar-refractivity contribution is -0.212. The average Bonchev–Trinajstić information content (AvgIpc) is 3.16. The summed E-state index contributed by atoms with van der Waals surface area (Å²) in [6.07, 6.45) is -3.17. The monoisotopic (exact) mass is 356 g/mol. The van der Waals surface area contributed by atoms with E-state index in [4.69, 9.17) is 4.74 Å². The number of hydrogen-bond acceptors (Lipinski definition) is 4. The van der Waals surface area contributed by atoms with Crippen LogP contribution >= 0.6 is 0 Å². The molecule has 0 fully saturated rings. The summed E-state index contributed by atoms with van der Waals surface area (Å²) in [6, 6.07) is 0.865. The van der Waals surface area contributed by atoms with Crippen molar-refractivity contribution in [3.63, 3.8) is 0 Å². The SMILES string of the molecule is COc1cc(=O)n(C)c2c1C(C)N(C(=O)c1cnn(C(F)(F)F)c1)C2. The maximum absolute atomic E-state index is 12.7. The fraction of sp³-hybridized carbons (Fsp3) is 0.400. The van der Waals surface area contributed by atoms with Gasteiger partial charge in [-0.05, 0) is 6.92 Å². The van der Waals surface area contributed by atoms with Gasteiger partial charge in [-0.25, -0.2) is 0 Å². The van der Waals surface area contributed by atoms with Crippen LogP contribution in [-0.2, 0) is 19.9 Å². The predicted octanol–water partition coefficient (Wildman–Crippen LogP) is 1.78. The predicted molar refractivity (Wildman–Crippen MR) is 80.0 cm³/mol. The van der Waals surface area contributed by atoms with Crippen LogP contribution in [0.2, 0.25) is 0 Å². The van der Waals surface area contributed by atoms with Crippen LogP contribution in [0, 0.1) is 0 Å². The second-order valence-corrected chi connectivity index (χ2v) is 5.72. The van der Waals surface area contributed by atoms with Crippen LogP contribution in [0.25, 0.3) is 0 Å². The minimum absolute atomic E-state index is 0.0927. The summed E-state index contributed by atoms with van der Waals surface area (Å²) < 4.78 is 44.4. The van der Waals surface area contributed by atoms with Gasteiger partial charge in [-0.1, -0.05) is 0 Å². The Labute approximate surface area is 140 Å². The number of nitrogens with zero attached hydrogens (tertiary/aromatic N) is 4. The number of carbonyl (C=O) groups excluding carboxylic acids is 1. The van der Waals surface area contributed by atoms with Crippen molar-refractivity contribution in [2.45, 2.75) is 25.8 Å². The minimum Gasteiger partial charge on any atom is -0.496 e. The van der Waals surface area contributed by atoms with Gasteiger partial charge in [-0.2, -0.15) is 9.78 Å². The Morgan fingerprint density at radius 1 is 1.40 bits per heavy atom. The van der Waals surface area contributed by atoms with Crippen molar-refractivity contribution in [2.75, 3.05) is 7.11 Å². The molecule has 0 saturated carbocycles. The molecule has 1 atom stereocenters. The van der Waals surface area contributed by atoms with Crippen LogP contribution < -0.4 is 10.3 Å². The van der Waals surface area contributed by atoms with Crippen LogP contribution in [0.3, 0.4) is 0 Å². The van der Waals surface area contributed by atoms with Crippen molar-refractivity contribution in [1.29, 1.82) is 0 Å². The first-order valence-electron chi connectivity index (χ1n) is 7.34. The molecule has 0 bridgehead atoms. The van der Waals surface area contributed by atoms with Gasteiger partial charge >= 0.3 is 6.30 Å². The number of carbonyl (C=O) groups is 1. The molecule has 10 heteroatoms. The van der Waals surface area contributed by atoms with E-state index in [0.717, 1.165) is 6.20 Å². The zero-order chi connectivity index (χ0) is 18.5. The first kappa shape index (κ1) is 17.1. The summed E-state index contributed by atoms with van der Waals surface area (Å²) in [5.74, 6) is -0.249. The van der Waals surface area contributed by atoms with Crippen LogP contribution in [0.5, 0.6) is 5.75 Å². The molecule has 1 aliphatic rings. The van der Waals surface area contributed by atoms with Gasteiger partial charge in [0.25, 0.3) is 11.5 Å². The fourth-order valence-electron chi connectivity index (χ4n) is 2.99. The Hall–Kier alpha value is -2.78. The zero-order valence-corrected chi connectivity index (χ0v) is 13.7. The van der Waals surface area contributed by atoms with E-state index >= 15 is 0 Å². The van der Waals surface area contributed by atoms with E-state index in [1.807, 2.05) is 0 Å². The van der Waals surface area contributed by atoms with E-state index in [1.165, 1.54) is 22.6 Å². The number of ether oxygens (including phenoxy) is 1. The average molecular weight is 356 g/mol. The largest absolute Gasteiger partial charge is 0.504 e. The Morgan fingerprint density at radius 2 is 2.08 bits per heavy atom. The second kappa shape index (κ2) is 5.64. The molecule has 0 saturated heterocycles. The van der Waals surface area contributed by atoms with Crippen LogP contribution in [-0.4, -0.2) is 32.3 Å². The number of halogens is 3. The van der Waals surface area contributed by atoms with Crippen LogP contribution in [0.1, 0.15) is 34.6 Å². The summed E-state index contributed by atoms with van der Waals surface area (Å²) >= 11 is 0. The number of hydrogen-bond donors (Lipinski definition) is 0. The van der Waals surface area contributed by atoms with Gasteiger partial charge in [0.2, 0.25) is 0 Å². The van der Waals surface area contributed by atoms with Crippen LogP contribution in [0.4, 0.5) is 13.2 Å². The molecule has 2 aromatic heterocycles. The van der Waals surface area contributed by atoms with Crippen molar-refractivity contribution in [1.82, 2.24) is 19.2 Å². The molecule has 0 radical (unpaired) electrons.